The molecule has 1 aromatic carbocycles. The highest BCUT2D eigenvalue weighted by Gasteiger charge is 2.21. The summed E-state index contributed by atoms with van der Waals surface area (Å²) in [7, 11) is -0.921. The van der Waals surface area contributed by atoms with Crippen molar-refractivity contribution in [2.75, 3.05) is 27.2 Å². The fourth-order valence-corrected chi connectivity index (χ4v) is 2.97. The summed E-state index contributed by atoms with van der Waals surface area (Å²) in [5.74, 6) is -0.743. The lowest BCUT2D eigenvalue weighted by molar-refractivity contribution is 0.0483. The molecule has 152 valence electrons. The molecule has 1 rings (SSSR count). The molecule has 0 unspecified atom stereocenters. The molecule has 0 spiro atoms. The Morgan fingerprint density at radius 1 is 1.22 bits per heavy atom. The quantitative estimate of drug-likeness (QED) is 0.537. The Labute approximate surface area is 164 Å². The van der Waals surface area contributed by atoms with Crippen LogP contribution in [0.25, 0.3) is 0 Å². The van der Waals surface area contributed by atoms with Crippen LogP contribution in [0.5, 0.6) is 0 Å². The highest BCUT2D eigenvalue weighted by Crippen LogP contribution is 2.22. The molecule has 0 aliphatic carbocycles. The molecule has 0 bridgehead atoms. The molecule has 8 nitrogen and oxygen atoms in total. The predicted octanol–water partition coefficient (Wildman–Crippen LogP) is 2.66. The maximum Gasteiger partial charge on any atom is 0.407 e. The molecule has 0 aliphatic heterocycles. The lowest BCUT2D eigenvalue weighted by Gasteiger charge is -2.19. The van der Waals surface area contributed by atoms with E-state index in [0.717, 1.165) is 4.31 Å². The van der Waals surface area contributed by atoms with Crippen LogP contribution in [0.15, 0.2) is 23.1 Å². The highest BCUT2D eigenvalue weighted by molar-refractivity contribution is 7.89. The minimum absolute atomic E-state index is 0.0234. The third-order valence-electron chi connectivity index (χ3n) is 3.16. The fraction of sp³-hybridized carbons (Fsp3) is 0.529. The zero-order chi connectivity index (χ0) is 20.8. The van der Waals surface area contributed by atoms with Crippen LogP contribution >= 0.6 is 11.6 Å². The maximum atomic E-state index is 12.2. The van der Waals surface area contributed by atoms with Crippen molar-refractivity contribution in [2.45, 2.75) is 37.7 Å². The van der Waals surface area contributed by atoms with E-state index in [1.54, 1.807) is 20.8 Å². The smallest absolute Gasteiger partial charge is 0.407 e. The molecule has 0 fully saturated rings. The first-order valence-corrected chi connectivity index (χ1v) is 10.0. The zero-order valence-corrected chi connectivity index (χ0v) is 17.6. The van der Waals surface area contributed by atoms with E-state index in [0.29, 0.717) is 6.42 Å². The molecule has 1 amide bonds. The summed E-state index contributed by atoms with van der Waals surface area (Å²) >= 11 is 5.98. The number of halogens is 1. The van der Waals surface area contributed by atoms with E-state index in [-0.39, 0.29) is 28.6 Å². The average Bonchev–Trinajstić information content (AvgIpc) is 2.52. The van der Waals surface area contributed by atoms with Gasteiger partial charge in [0, 0.05) is 20.6 Å². The van der Waals surface area contributed by atoms with Crippen LogP contribution in [-0.4, -0.2) is 57.6 Å². The molecular formula is C17H25ClN2O6S. The summed E-state index contributed by atoms with van der Waals surface area (Å²) in [5, 5.41) is 2.63. The highest BCUT2D eigenvalue weighted by atomic mass is 35.5. The number of esters is 1. The summed E-state index contributed by atoms with van der Waals surface area (Å²) in [6.45, 7) is 5.54. The number of sulfonamides is 1. The lowest BCUT2D eigenvalue weighted by Crippen LogP contribution is -2.33. The molecule has 10 heteroatoms. The topological polar surface area (TPSA) is 102 Å². The Kier molecular flexibility index (Phi) is 8.06. The summed E-state index contributed by atoms with van der Waals surface area (Å²) in [4.78, 5) is 23.6. The van der Waals surface area contributed by atoms with Gasteiger partial charge in [0.2, 0.25) is 10.0 Å². The fourth-order valence-electron chi connectivity index (χ4n) is 1.85. The van der Waals surface area contributed by atoms with Gasteiger partial charge < -0.3 is 14.8 Å². The maximum absolute atomic E-state index is 12.2. The summed E-state index contributed by atoms with van der Waals surface area (Å²) in [6, 6.07) is 3.83. The monoisotopic (exact) mass is 420 g/mol. The predicted molar refractivity (Wildman–Crippen MR) is 101 cm³/mol. The van der Waals surface area contributed by atoms with Crippen LogP contribution < -0.4 is 5.32 Å². The largest absolute Gasteiger partial charge is 0.462 e. The Morgan fingerprint density at radius 3 is 2.41 bits per heavy atom. The Bertz CT molecular complexity index is 787. The van der Waals surface area contributed by atoms with Gasteiger partial charge in [-0.3, -0.25) is 0 Å². The first-order chi connectivity index (χ1) is 12.3. The van der Waals surface area contributed by atoms with Crippen LogP contribution in [0, 0.1) is 0 Å². The van der Waals surface area contributed by atoms with E-state index in [2.05, 4.69) is 5.32 Å². The van der Waals surface area contributed by atoms with Crippen molar-refractivity contribution in [3.8, 4) is 0 Å². The van der Waals surface area contributed by atoms with Gasteiger partial charge in [0.25, 0.3) is 0 Å². The van der Waals surface area contributed by atoms with Crippen molar-refractivity contribution in [1.29, 1.82) is 0 Å². The molecule has 0 radical (unpaired) electrons. The summed E-state index contributed by atoms with van der Waals surface area (Å²) < 4.78 is 35.5. The molecule has 1 aromatic rings. The number of carbonyl (C=O) groups is 2. The second kappa shape index (κ2) is 9.38. The van der Waals surface area contributed by atoms with Gasteiger partial charge in [-0.2, -0.15) is 0 Å². The Morgan fingerprint density at radius 2 is 1.85 bits per heavy atom. The number of hydrogen-bond acceptors (Lipinski definition) is 6. The number of hydrogen-bond donors (Lipinski definition) is 1. The number of alkyl carbamates (subject to hydrolysis) is 1. The number of ether oxygens (including phenoxy) is 2. The van der Waals surface area contributed by atoms with Gasteiger partial charge in [0.1, 0.15) is 5.60 Å². The van der Waals surface area contributed by atoms with Crippen molar-refractivity contribution in [3.05, 3.63) is 28.8 Å². The van der Waals surface area contributed by atoms with Gasteiger partial charge in [-0.1, -0.05) is 11.6 Å². The molecule has 0 aromatic heterocycles. The van der Waals surface area contributed by atoms with Crippen molar-refractivity contribution < 1.29 is 27.5 Å². The third kappa shape index (κ3) is 7.36. The summed E-state index contributed by atoms with van der Waals surface area (Å²) in [6.07, 6.45) is -0.198. The molecule has 0 heterocycles. The molecule has 0 saturated carbocycles. The van der Waals surface area contributed by atoms with Gasteiger partial charge in [0.05, 0.1) is 22.1 Å². The van der Waals surface area contributed by atoms with E-state index >= 15 is 0 Å². The van der Waals surface area contributed by atoms with Gasteiger partial charge in [-0.25, -0.2) is 22.3 Å². The van der Waals surface area contributed by atoms with Gasteiger partial charge >= 0.3 is 12.1 Å². The van der Waals surface area contributed by atoms with Crippen LogP contribution in [0.1, 0.15) is 37.6 Å². The van der Waals surface area contributed by atoms with Crippen LogP contribution in [0.4, 0.5) is 4.79 Å². The summed E-state index contributed by atoms with van der Waals surface area (Å²) in [5.41, 5.74) is -0.634. The van der Waals surface area contributed by atoms with Gasteiger partial charge in [0.15, 0.2) is 0 Å². The van der Waals surface area contributed by atoms with E-state index in [1.807, 2.05) is 0 Å². The second-order valence-electron chi connectivity index (χ2n) is 6.85. The van der Waals surface area contributed by atoms with E-state index in [4.69, 9.17) is 21.1 Å². The van der Waals surface area contributed by atoms with Crippen LogP contribution in [0.2, 0.25) is 5.02 Å². The van der Waals surface area contributed by atoms with Crippen molar-refractivity contribution in [1.82, 2.24) is 9.62 Å². The number of carbonyl (C=O) groups excluding carboxylic acids is 2. The molecule has 1 N–H and O–H groups in total. The zero-order valence-electron chi connectivity index (χ0n) is 16.0. The first-order valence-electron chi connectivity index (χ1n) is 8.20. The standard InChI is InChI=1S/C17H25ClN2O6S/c1-17(2,3)26-16(22)19-9-6-10-25-15(21)13-11-12(7-8-14(13)18)27(23,24)20(4)5/h7-8,11H,6,9-10H2,1-5H3,(H,19,22). The van der Waals surface area contributed by atoms with Crippen molar-refractivity contribution in [2.24, 2.45) is 0 Å². The SMILES string of the molecule is CN(C)S(=O)(=O)c1ccc(Cl)c(C(=O)OCCCNC(=O)OC(C)(C)C)c1. The second-order valence-corrected chi connectivity index (χ2v) is 9.41. The third-order valence-corrected chi connectivity index (χ3v) is 5.30. The first kappa shape index (κ1) is 23.2. The Hall–Kier alpha value is -1.84. The average molecular weight is 421 g/mol. The van der Waals surface area contributed by atoms with Crippen molar-refractivity contribution >= 4 is 33.7 Å². The number of rotatable bonds is 7. The van der Waals surface area contributed by atoms with Gasteiger partial charge in [-0.15, -0.1) is 0 Å². The Balaban J connectivity index is 2.60. The number of benzene rings is 1. The van der Waals surface area contributed by atoms with Crippen molar-refractivity contribution in [3.63, 3.8) is 0 Å². The van der Waals surface area contributed by atoms with E-state index in [1.165, 1.54) is 32.3 Å². The number of amides is 1. The molecule has 0 saturated heterocycles. The lowest BCUT2D eigenvalue weighted by atomic mass is 10.2. The minimum Gasteiger partial charge on any atom is -0.462 e. The molecular weight excluding hydrogens is 396 g/mol. The molecule has 0 aliphatic rings. The number of nitrogens with zero attached hydrogens (tertiary/aromatic N) is 1. The normalized spacial score (nSPS) is 12.0. The molecule has 0 atom stereocenters. The number of nitrogens with one attached hydrogen (secondary N) is 1. The van der Waals surface area contributed by atoms with Crippen LogP contribution in [-0.2, 0) is 19.5 Å². The van der Waals surface area contributed by atoms with E-state index < -0.39 is 27.7 Å². The van der Waals surface area contributed by atoms with Crippen LogP contribution in [0.3, 0.4) is 0 Å². The van der Waals surface area contributed by atoms with E-state index in [9.17, 15) is 18.0 Å². The molecule has 27 heavy (non-hydrogen) atoms. The van der Waals surface area contributed by atoms with Gasteiger partial charge in [-0.05, 0) is 45.4 Å². The minimum atomic E-state index is -3.70.